The summed E-state index contributed by atoms with van der Waals surface area (Å²) >= 11 is 0. The van der Waals surface area contributed by atoms with Crippen molar-refractivity contribution in [1.82, 2.24) is 0 Å². The Bertz CT molecular complexity index is 180. The summed E-state index contributed by atoms with van der Waals surface area (Å²) in [5.41, 5.74) is 2.50. The summed E-state index contributed by atoms with van der Waals surface area (Å²) in [6.45, 7) is 12.4. The summed E-state index contributed by atoms with van der Waals surface area (Å²) in [6.07, 6.45) is 6.22. The standard InChI is InChI=1S/C11H18/c1-6-7-8-11(9(2)3)10(4)5/h6-8,10H,2H2,1,3-5H3/b7-6-,11-8-. The lowest BCUT2D eigenvalue weighted by Crippen LogP contribution is -1.93. The first-order chi connectivity index (χ1) is 5.09. The molecule has 0 aliphatic heterocycles. The minimum Gasteiger partial charge on any atom is -0.0958 e. The van der Waals surface area contributed by atoms with Gasteiger partial charge in [-0.3, -0.25) is 0 Å². The molecule has 0 aromatic rings. The van der Waals surface area contributed by atoms with Gasteiger partial charge in [0.25, 0.3) is 0 Å². The van der Waals surface area contributed by atoms with E-state index in [1.165, 1.54) is 5.57 Å². The molecule has 0 fully saturated rings. The molecule has 0 radical (unpaired) electrons. The van der Waals surface area contributed by atoms with E-state index < -0.39 is 0 Å². The molecule has 0 saturated heterocycles. The van der Waals surface area contributed by atoms with Crippen molar-refractivity contribution in [2.75, 3.05) is 0 Å². The molecule has 62 valence electrons. The minimum absolute atomic E-state index is 0.573. The Morgan fingerprint density at radius 1 is 1.36 bits per heavy atom. The topological polar surface area (TPSA) is 0 Å². The van der Waals surface area contributed by atoms with Gasteiger partial charge in [0.05, 0.1) is 0 Å². The maximum Gasteiger partial charge on any atom is -0.0216 e. The van der Waals surface area contributed by atoms with Crippen molar-refractivity contribution in [3.63, 3.8) is 0 Å². The molecule has 0 heterocycles. The second-order valence-electron chi connectivity index (χ2n) is 3.08. The highest BCUT2D eigenvalue weighted by molar-refractivity contribution is 5.31. The van der Waals surface area contributed by atoms with Crippen molar-refractivity contribution < 1.29 is 0 Å². The molecule has 0 rings (SSSR count). The molecule has 0 heteroatoms. The third-order valence-electron chi connectivity index (χ3n) is 1.58. The molecule has 0 amide bonds. The fourth-order valence-electron chi connectivity index (χ4n) is 1.03. The Morgan fingerprint density at radius 2 is 1.91 bits per heavy atom. The first kappa shape index (κ1) is 10.2. The zero-order valence-electron chi connectivity index (χ0n) is 8.02. The summed E-state index contributed by atoms with van der Waals surface area (Å²) in [7, 11) is 0. The van der Waals surface area contributed by atoms with Gasteiger partial charge in [0.2, 0.25) is 0 Å². The van der Waals surface area contributed by atoms with Gasteiger partial charge in [-0.1, -0.05) is 44.2 Å². The van der Waals surface area contributed by atoms with Crippen molar-refractivity contribution in [2.45, 2.75) is 27.7 Å². The van der Waals surface area contributed by atoms with Gasteiger partial charge in [-0.2, -0.15) is 0 Å². The van der Waals surface area contributed by atoms with Crippen LogP contribution < -0.4 is 0 Å². The van der Waals surface area contributed by atoms with Crippen LogP contribution in [0.25, 0.3) is 0 Å². The van der Waals surface area contributed by atoms with E-state index in [0.29, 0.717) is 5.92 Å². The Hall–Kier alpha value is -0.780. The van der Waals surface area contributed by atoms with Crippen LogP contribution in [0, 0.1) is 5.92 Å². The quantitative estimate of drug-likeness (QED) is 0.538. The number of rotatable bonds is 3. The average Bonchev–Trinajstić information content (AvgIpc) is 1.87. The maximum atomic E-state index is 3.93. The van der Waals surface area contributed by atoms with Crippen molar-refractivity contribution in [1.29, 1.82) is 0 Å². The smallest absolute Gasteiger partial charge is 0.0216 e. The summed E-state index contributed by atoms with van der Waals surface area (Å²) in [6, 6.07) is 0. The highest BCUT2D eigenvalue weighted by atomic mass is 14.1. The second kappa shape index (κ2) is 4.95. The SMILES string of the molecule is C=C(C)/C(=C/C=C\C)C(C)C. The number of allylic oxidation sites excluding steroid dienone is 5. The van der Waals surface area contributed by atoms with Gasteiger partial charge in [-0.25, -0.2) is 0 Å². The van der Waals surface area contributed by atoms with E-state index >= 15 is 0 Å². The molecular formula is C11H18. The maximum absolute atomic E-state index is 3.93. The van der Waals surface area contributed by atoms with Crippen LogP contribution in [0.5, 0.6) is 0 Å². The van der Waals surface area contributed by atoms with E-state index in [-0.39, 0.29) is 0 Å². The second-order valence-corrected chi connectivity index (χ2v) is 3.08. The predicted octanol–water partition coefficient (Wildman–Crippen LogP) is 3.72. The van der Waals surface area contributed by atoms with Crippen LogP contribution in [-0.4, -0.2) is 0 Å². The summed E-state index contributed by atoms with van der Waals surface area (Å²) < 4.78 is 0. The molecule has 0 saturated carbocycles. The number of hydrogen-bond acceptors (Lipinski definition) is 0. The molecule has 0 aliphatic rings. The first-order valence-corrected chi connectivity index (χ1v) is 4.08. The van der Waals surface area contributed by atoms with Gasteiger partial charge in [0, 0.05) is 0 Å². The van der Waals surface area contributed by atoms with Gasteiger partial charge < -0.3 is 0 Å². The van der Waals surface area contributed by atoms with Crippen LogP contribution in [0.2, 0.25) is 0 Å². The lowest BCUT2D eigenvalue weighted by molar-refractivity contribution is 0.779. The van der Waals surface area contributed by atoms with E-state index in [2.05, 4.69) is 39.5 Å². The molecular weight excluding hydrogens is 132 g/mol. The van der Waals surface area contributed by atoms with Crippen LogP contribution in [0.15, 0.2) is 36.0 Å². The Balaban J connectivity index is 4.46. The molecule has 11 heavy (non-hydrogen) atoms. The van der Waals surface area contributed by atoms with Crippen LogP contribution in [0.4, 0.5) is 0 Å². The molecule has 0 aliphatic carbocycles. The van der Waals surface area contributed by atoms with Gasteiger partial charge >= 0.3 is 0 Å². The van der Waals surface area contributed by atoms with Crippen molar-refractivity contribution in [2.24, 2.45) is 5.92 Å². The first-order valence-electron chi connectivity index (χ1n) is 4.08. The van der Waals surface area contributed by atoms with Crippen molar-refractivity contribution in [3.8, 4) is 0 Å². The predicted molar refractivity (Wildman–Crippen MR) is 52.5 cm³/mol. The Morgan fingerprint density at radius 3 is 2.18 bits per heavy atom. The summed E-state index contributed by atoms with van der Waals surface area (Å²) in [4.78, 5) is 0. The molecule has 0 aromatic carbocycles. The van der Waals surface area contributed by atoms with Crippen molar-refractivity contribution in [3.05, 3.63) is 36.0 Å². The van der Waals surface area contributed by atoms with E-state index in [0.717, 1.165) is 5.57 Å². The largest absolute Gasteiger partial charge is 0.0958 e. The van der Waals surface area contributed by atoms with Crippen molar-refractivity contribution >= 4 is 0 Å². The minimum atomic E-state index is 0.573. The lowest BCUT2D eigenvalue weighted by atomic mass is 9.97. The molecule has 0 N–H and O–H groups in total. The fraction of sp³-hybridized carbons (Fsp3) is 0.455. The monoisotopic (exact) mass is 150 g/mol. The van der Waals surface area contributed by atoms with Crippen LogP contribution in [0.1, 0.15) is 27.7 Å². The molecule has 0 atom stereocenters. The average molecular weight is 150 g/mol. The highest BCUT2D eigenvalue weighted by Gasteiger charge is 2.00. The zero-order chi connectivity index (χ0) is 8.85. The normalized spacial score (nSPS) is 13.0. The molecule has 0 bridgehead atoms. The molecule has 0 unspecified atom stereocenters. The lowest BCUT2D eigenvalue weighted by Gasteiger charge is -2.09. The number of hydrogen-bond donors (Lipinski definition) is 0. The van der Waals surface area contributed by atoms with Crippen LogP contribution in [0.3, 0.4) is 0 Å². The van der Waals surface area contributed by atoms with E-state index in [1.807, 2.05) is 13.0 Å². The zero-order valence-corrected chi connectivity index (χ0v) is 8.02. The highest BCUT2D eigenvalue weighted by Crippen LogP contribution is 2.17. The van der Waals surface area contributed by atoms with Gasteiger partial charge in [-0.15, -0.1) is 0 Å². The van der Waals surface area contributed by atoms with Crippen LogP contribution in [-0.2, 0) is 0 Å². The molecule has 0 nitrogen and oxygen atoms in total. The summed E-state index contributed by atoms with van der Waals surface area (Å²) in [5.74, 6) is 0.573. The van der Waals surface area contributed by atoms with E-state index in [1.54, 1.807) is 0 Å². The fourth-order valence-corrected chi connectivity index (χ4v) is 1.03. The Kier molecular flexibility index (Phi) is 4.60. The molecule has 0 spiro atoms. The molecule has 0 aromatic heterocycles. The third-order valence-corrected chi connectivity index (χ3v) is 1.58. The van der Waals surface area contributed by atoms with E-state index in [4.69, 9.17) is 0 Å². The van der Waals surface area contributed by atoms with Gasteiger partial charge in [0.15, 0.2) is 0 Å². The van der Waals surface area contributed by atoms with Gasteiger partial charge in [0.1, 0.15) is 0 Å². The third kappa shape index (κ3) is 3.82. The van der Waals surface area contributed by atoms with Crippen LogP contribution >= 0.6 is 0 Å². The Labute approximate surface area is 70.3 Å². The van der Waals surface area contributed by atoms with Gasteiger partial charge in [-0.05, 0) is 25.3 Å². The van der Waals surface area contributed by atoms with E-state index in [9.17, 15) is 0 Å². The summed E-state index contributed by atoms with van der Waals surface area (Å²) in [5, 5.41) is 0.